The summed E-state index contributed by atoms with van der Waals surface area (Å²) in [5.41, 5.74) is 5.84. The minimum Gasteiger partial charge on any atom is -0.390 e. The number of hydrogen-bond donors (Lipinski definition) is 1. The quantitative estimate of drug-likeness (QED) is 0.533. The molecule has 2 aliphatic rings. The zero-order valence-electron chi connectivity index (χ0n) is 19.2. The van der Waals surface area contributed by atoms with E-state index < -0.39 is 5.60 Å². The van der Waals surface area contributed by atoms with E-state index in [0.29, 0.717) is 36.1 Å². The number of nitrogens with zero attached hydrogens (tertiary/aromatic N) is 6. The first kappa shape index (κ1) is 22.7. The fraction of sp³-hybridized carbons (Fsp3) is 0.458. The first-order chi connectivity index (χ1) is 15.8. The lowest BCUT2D eigenvalue weighted by Crippen LogP contribution is -2.57. The lowest BCUT2D eigenvalue weighted by Gasteiger charge is -2.42. The molecule has 4 rings (SSSR count). The molecule has 2 aliphatic heterocycles. The van der Waals surface area contributed by atoms with Crippen LogP contribution in [0, 0.1) is 17.2 Å². The van der Waals surface area contributed by atoms with E-state index in [1.54, 1.807) is 18.3 Å². The summed E-state index contributed by atoms with van der Waals surface area (Å²) in [6, 6.07) is 11.6. The SMILES string of the molecule is C[C@H]1CC2CN(C(=O)COC(C)(C)c3cccc(N=CN)n3)CC1N2c1ccc(C#N)cn1. The van der Waals surface area contributed by atoms with Crippen molar-refractivity contribution in [2.24, 2.45) is 16.6 Å². The van der Waals surface area contributed by atoms with E-state index in [2.05, 4.69) is 32.9 Å². The molecule has 9 nitrogen and oxygen atoms in total. The summed E-state index contributed by atoms with van der Waals surface area (Å²) in [6.45, 7) is 7.22. The summed E-state index contributed by atoms with van der Waals surface area (Å²) in [5, 5.41) is 9.04. The van der Waals surface area contributed by atoms with Gasteiger partial charge in [-0.3, -0.25) is 4.79 Å². The molecule has 4 heterocycles. The van der Waals surface area contributed by atoms with E-state index in [9.17, 15) is 4.79 Å². The topological polar surface area (TPSA) is 121 Å². The Bertz CT molecular complexity index is 1080. The summed E-state index contributed by atoms with van der Waals surface area (Å²) in [7, 11) is 0. The van der Waals surface area contributed by atoms with Crippen molar-refractivity contribution in [3.05, 3.63) is 47.8 Å². The number of pyridine rings is 2. The Morgan fingerprint density at radius 2 is 2.18 bits per heavy atom. The van der Waals surface area contributed by atoms with Crippen molar-refractivity contribution >= 4 is 23.9 Å². The van der Waals surface area contributed by atoms with Gasteiger partial charge in [0.25, 0.3) is 0 Å². The highest BCUT2D eigenvalue weighted by Crippen LogP contribution is 2.37. The maximum Gasteiger partial charge on any atom is 0.248 e. The monoisotopic (exact) mass is 447 g/mol. The van der Waals surface area contributed by atoms with Gasteiger partial charge in [-0.05, 0) is 50.5 Å². The van der Waals surface area contributed by atoms with Gasteiger partial charge < -0.3 is 20.3 Å². The highest BCUT2D eigenvalue weighted by atomic mass is 16.5. The Labute approximate surface area is 193 Å². The van der Waals surface area contributed by atoms with Crippen LogP contribution in [-0.2, 0) is 15.1 Å². The second-order valence-corrected chi connectivity index (χ2v) is 9.12. The van der Waals surface area contributed by atoms with Crippen LogP contribution in [0.2, 0.25) is 0 Å². The Kier molecular flexibility index (Phi) is 6.29. The second kappa shape index (κ2) is 9.16. The van der Waals surface area contributed by atoms with Crippen LogP contribution in [0.5, 0.6) is 0 Å². The van der Waals surface area contributed by atoms with Gasteiger partial charge in [0.15, 0.2) is 5.82 Å². The number of carbonyl (C=O) groups is 1. The Balaban J connectivity index is 1.41. The van der Waals surface area contributed by atoms with Crippen LogP contribution < -0.4 is 10.6 Å². The van der Waals surface area contributed by atoms with Gasteiger partial charge in [-0.15, -0.1) is 0 Å². The summed E-state index contributed by atoms with van der Waals surface area (Å²) in [5.74, 6) is 1.77. The lowest BCUT2D eigenvalue weighted by molar-refractivity contribution is -0.143. The molecule has 0 aliphatic carbocycles. The number of rotatable bonds is 6. The lowest BCUT2D eigenvalue weighted by atomic mass is 10.0. The number of hydrogen-bond acceptors (Lipinski definition) is 7. The smallest absolute Gasteiger partial charge is 0.248 e. The van der Waals surface area contributed by atoms with Gasteiger partial charge in [-0.25, -0.2) is 15.0 Å². The van der Waals surface area contributed by atoms with E-state index in [-0.39, 0.29) is 24.6 Å². The van der Waals surface area contributed by atoms with Crippen molar-refractivity contribution in [1.29, 1.82) is 5.26 Å². The predicted octanol–water partition coefficient (Wildman–Crippen LogP) is 2.34. The number of anilines is 1. The standard InChI is InChI=1S/C24H29N7O2/c1-16-9-18-12-30(13-19(16)31(18)22-8-7-17(10-25)11-27-22)23(32)14-33-24(2,3)20-5-4-6-21(29-20)28-15-26/h4-8,11,15-16,18-19H,9,12-14H2,1-3H3,(H2,26,28,29)/t16-,18?,19?/m0/s1. The highest BCUT2D eigenvalue weighted by molar-refractivity contribution is 5.78. The number of amides is 1. The third-order valence-electron chi connectivity index (χ3n) is 6.50. The van der Waals surface area contributed by atoms with E-state index in [4.69, 9.17) is 15.7 Å². The van der Waals surface area contributed by atoms with E-state index in [0.717, 1.165) is 12.2 Å². The number of carbonyl (C=O) groups excluding carboxylic acids is 1. The third-order valence-corrected chi connectivity index (χ3v) is 6.50. The molecule has 2 aromatic rings. The Morgan fingerprint density at radius 1 is 1.36 bits per heavy atom. The first-order valence-electron chi connectivity index (χ1n) is 11.1. The average molecular weight is 448 g/mol. The van der Waals surface area contributed by atoms with Crippen molar-refractivity contribution in [1.82, 2.24) is 14.9 Å². The zero-order valence-corrected chi connectivity index (χ0v) is 19.2. The number of likely N-dealkylation sites (tertiary alicyclic amines) is 1. The van der Waals surface area contributed by atoms with Crippen LogP contribution in [0.15, 0.2) is 41.5 Å². The van der Waals surface area contributed by atoms with Gasteiger partial charge in [0.05, 0.1) is 23.6 Å². The summed E-state index contributed by atoms with van der Waals surface area (Å²) >= 11 is 0. The van der Waals surface area contributed by atoms with Gasteiger partial charge in [0, 0.05) is 25.3 Å². The van der Waals surface area contributed by atoms with Crippen LogP contribution in [0.1, 0.15) is 38.4 Å². The molecule has 1 amide bonds. The third kappa shape index (κ3) is 4.66. The van der Waals surface area contributed by atoms with Crippen LogP contribution in [0.3, 0.4) is 0 Å². The maximum absolute atomic E-state index is 13.1. The molecule has 2 N–H and O–H groups in total. The number of nitrogens with two attached hydrogens (primary N) is 1. The fourth-order valence-corrected chi connectivity index (χ4v) is 4.71. The molecule has 0 saturated carbocycles. The van der Waals surface area contributed by atoms with Crippen LogP contribution in [-0.4, -0.2) is 58.9 Å². The van der Waals surface area contributed by atoms with Crippen molar-refractivity contribution in [2.75, 3.05) is 24.6 Å². The Morgan fingerprint density at radius 3 is 2.85 bits per heavy atom. The van der Waals surface area contributed by atoms with Gasteiger partial charge in [-0.2, -0.15) is 5.26 Å². The molecular weight excluding hydrogens is 418 g/mol. The molecule has 2 aromatic heterocycles. The highest BCUT2D eigenvalue weighted by Gasteiger charge is 2.46. The molecule has 2 fully saturated rings. The molecule has 3 atom stereocenters. The number of aliphatic imine (C=N–C) groups is 1. The summed E-state index contributed by atoms with van der Waals surface area (Å²) < 4.78 is 6.03. The van der Waals surface area contributed by atoms with Crippen molar-refractivity contribution < 1.29 is 9.53 Å². The number of ether oxygens (including phenoxy) is 1. The van der Waals surface area contributed by atoms with E-state index in [1.165, 1.54) is 6.34 Å². The first-order valence-corrected chi connectivity index (χ1v) is 11.1. The normalized spacial score (nSPS) is 22.5. The molecule has 2 saturated heterocycles. The second-order valence-electron chi connectivity index (χ2n) is 9.12. The number of nitriles is 1. The van der Waals surface area contributed by atoms with Crippen LogP contribution >= 0.6 is 0 Å². The minimum atomic E-state index is -0.754. The molecule has 0 radical (unpaired) electrons. The van der Waals surface area contributed by atoms with Gasteiger partial charge in [0.1, 0.15) is 24.1 Å². The van der Waals surface area contributed by atoms with E-state index in [1.807, 2.05) is 36.9 Å². The molecule has 0 aromatic carbocycles. The van der Waals surface area contributed by atoms with Crippen LogP contribution in [0.4, 0.5) is 11.6 Å². The molecule has 9 heteroatoms. The number of piperazine rings is 1. The molecule has 0 spiro atoms. The average Bonchev–Trinajstić information content (AvgIpc) is 3.01. The molecular formula is C24H29N7O2. The van der Waals surface area contributed by atoms with Gasteiger partial charge >= 0.3 is 0 Å². The number of fused-ring (bicyclic) bond motifs is 2. The molecule has 2 bridgehead atoms. The van der Waals surface area contributed by atoms with Crippen LogP contribution in [0.25, 0.3) is 0 Å². The largest absolute Gasteiger partial charge is 0.390 e. The van der Waals surface area contributed by atoms with Crippen molar-refractivity contribution in [2.45, 2.75) is 44.9 Å². The molecule has 172 valence electrons. The molecule has 2 unspecified atom stereocenters. The van der Waals surface area contributed by atoms with E-state index >= 15 is 0 Å². The number of aromatic nitrogens is 2. The van der Waals surface area contributed by atoms with Crippen molar-refractivity contribution in [3.8, 4) is 6.07 Å². The minimum absolute atomic E-state index is 0.0258. The van der Waals surface area contributed by atoms with Crippen molar-refractivity contribution in [3.63, 3.8) is 0 Å². The molecule has 33 heavy (non-hydrogen) atoms. The fourth-order valence-electron chi connectivity index (χ4n) is 4.71. The summed E-state index contributed by atoms with van der Waals surface area (Å²) in [6.07, 6.45) is 3.81. The van der Waals surface area contributed by atoms with Gasteiger partial charge in [-0.1, -0.05) is 13.0 Å². The maximum atomic E-state index is 13.1. The zero-order chi connectivity index (χ0) is 23.6. The predicted molar refractivity (Wildman–Crippen MR) is 125 cm³/mol. The Hall–Kier alpha value is -3.51. The summed E-state index contributed by atoms with van der Waals surface area (Å²) in [4.78, 5) is 30.2. The van der Waals surface area contributed by atoms with Gasteiger partial charge in [0.2, 0.25) is 5.91 Å².